The van der Waals surface area contributed by atoms with Gasteiger partial charge in [0.2, 0.25) is 5.91 Å². The zero-order chi connectivity index (χ0) is 18.9. The molecule has 0 saturated heterocycles. The first kappa shape index (κ1) is 19.6. The SMILES string of the molecule is COc1ccc(CNC(=O)CCC(=O)O)c(OCc2ccccc2Cl)c1. The van der Waals surface area contributed by atoms with Crippen molar-refractivity contribution < 1.29 is 24.2 Å². The average molecular weight is 378 g/mol. The van der Waals surface area contributed by atoms with Gasteiger partial charge in [-0.05, 0) is 18.2 Å². The van der Waals surface area contributed by atoms with Crippen LogP contribution in [0, 0.1) is 0 Å². The molecule has 138 valence electrons. The Bertz CT molecular complexity index is 778. The number of carboxylic acid groups (broad SMARTS) is 1. The Morgan fingerprint density at radius 1 is 1.12 bits per heavy atom. The van der Waals surface area contributed by atoms with E-state index < -0.39 is 5.97 Å². The van der Waals surface area contributed by atoms with Gasteiger partial charge in [0.15, 0.2) is 0 Å². The van der Waals surface area contributed by atoms with Gasteiger partial charge < -0.3 is 19.9 Å². The zero-order valence-electron chi connectivity index (χ0n) is 14.3. The van der Waals surface area contributed by atoms with E-state index in [1.54, 1.807) is 31.4 Å². The van der Waals surface area contributed by atoms with Crippen LogP contribution in [-0.2, 0) is 22.7 Å². The molecule has 26 heavy (non-hydrogen) atoms. The van der Waals surface area contributed by atoms with Crippen molar-refractivity contribution in [2.45, 2.75) is 26.0 Å². The molecule has 0 aromatic heterocycles. The molecule has 6 nitrogen and oxygen atoms in total. The number of methoxy groups -OCH3 is 1. The number of aliphatic carboxylic acids is 1. The lowest BCUT2D eigenvalue weighted by Gasteiger charge is -2.14. The lowest BCUT2D eigenvalue weighted by Crippen LogP contribution is -2.23. The number of halogens is 1. The summed E-state index contributed by atoms with van der Waals surface area (Å²) in [7, 11) is 1.56. The summed E-state index contributed by atoms with van der Waals surface area (Å²) in [4.78, 5) is 22.2. The molecule has 0 bridgehead atoms. The van der Waals surface area contributed by atoms with Crippen LogP contribution in [0.2, 0.25) is 5.02 Å². The van der Waals surface area contributed by atoms with Gasteiger partial charge >= 0.3 is 5.97 Å². The predicted molar refractivity (Wildman–Crippen MR) is 97.5 cm³/mol. The van der Waals surface area contributed by atoms with E-state index in [9.17, 15) is 9.59 Å². The molecule has 0 aliphatic heterocycles. The molecule has 2 N–H and O–H groups in total. The fourth-order valence-corrected chi connectivity index (χ4v) is 2.41. The van der Waals surface area contributed by atoms with E-state index >= 15 is 0 Å². The summed E-state index contributed by atoms with van der Waals surface area (Å²) in [6.07, 6.45) is -0.272. The quantitative estimate of drug-likeness (QED) is 0.699. The monoisotopic (exact) mass is 377 g/mol. The Balaban J connectivity index is 2.05. The van der Waals surface area contributed by atoms with Gasteiger partial charge in [0.1, 0.15) is 18.1 Å². The first-order valence-electron chi connectivity index (χ1n) is 8.01. The van der Waals surface area contributed by atoms with Gasteiger partial charge in [0.25, 0.3) is 0 Å². The van der Waals surface area contributed by atoms with Crippen molar-refractivity contribution in [2.24, 2.45) is 0 Å². The number of hydrogen-bond donors (Lipinski definition) is 2. The van der Waals surface area contributed by atoms with Gasteiger partial charge in [-0.1, -0.05) is 29.8 Å². The number of ether oxygens (including phenoxy) is 2. The molecule has 0 saturated carbocycles. The highest BCUT2D eigenvalue weighted by molar-refractivity contribution is 6.31. The molecule has 2 aromatic rings. The van der Waals surface area contributed by atoms with Crippen LogP contribution in [0.15, 0.2) is 42.5 Å². The van der Waals surface area contributed by atoms with Crippen LogP contribution in [0.5, 0.6) is 11.5 Å². The number of carboxylic acids is 1. The Hall–Kier alpha value is -2.73. The van der Waals surface area contributed by atoms with Gasteiger partial charge in [0.05, 0.1) is 13.5 Å². The Morgan fingerprint density at radius 2 is 1.88 bits per heavy atom. The molecule has 0 aliphatic rings. The van der Waals surface area contributed by atoms with Gasteiger partial charge in [-0.3, -0.25) is 9.59 Å². The second-order valence-electron chi connectivity index (χ2n) is 5.52. The normalized spacial score (nSPS) is 10.2. The summed E-state index contributed by atoms with van der Waals surface area (Å²) in [6, 6.07) is 12.7. The van der Waals surface area contributed by atoms with Gasteiger partial charge in [0, 0.05) is 35.2 Å². The third kappa shape index (κ3) is 5.97. The van der Waals surface area contributed by atoms with Gasteiger partial charge in [-0.2, -0.15) is 0 Å². The van der Waals surface area contributed by atoms with Crippen molar-refractivity contribution >= 4 is 23.5 Å². The van der Waals surface area contributed by atoms with E-state index in [2.05, 4.69) is 5.32 Å². The summed E-state index contributed by atoms with van der Waals surface area (Å²) < 4.78 is 11.1. The van der Waals surface area contributed by atoms with Crippen molar-refractivity contribution in [3.05, 3.63) is 58.6 Å². The van der Waals surface area contributed by atoms with E-state index in [0.717, 1.165) is 11.1 Å². The summed E-state index contributed by atoms with van der Waals surface area (Å²) in [5, 5.41) is 11.9. The largest absolute Gasteiger partial charge is 0.497 e. The lowest BCUT2D eigenvalue weighted by atomic mass is 10.1. The lowest BCUT2D eigenvalue weighted by molar-refractivity contribution is -0.138. The molecule has 0 fully saturated rings. The number of carbonyl (C=O) groups is 2. The summed E-state index contributed by atoms with van der Waals surface area (Å²) in [6.45, 7) is 0.493. The molecule has 0 atom stereocenters. The van der Waals surface area contributed by atoms with E-state index in [4.69, 9.17) is 26.2 Å². The number of amides is 1. The highest BCUT2D eigenvalue weighted by Crippen LogP contribution is 2.26. The second-order valence-corrected chi connectivity index (χ2v) is 5.93. The molecular formula is C19H20ClNO5. The summed E-state index contributed by atoms with van der Waals surface area (Å²) in [5.41, 5.74) is 1.59. The maximum absolute atomic E-state index is 11.7. The Morgan fingerprint density at radius 3 is 2.58 bits per heavy atom. The fourth-order valence-electron chi connectivity index (χ4n) is 2.22. The van der Waals surface area contributed by atoms with Crippen molar-refractivity contribution in [3.8, 4) is 11.5 Å². The predicted octanol–water partition coefficient (Wildman–Crippen LogP) is 3.41. The number of benzene rings is 2. The minimum atomic E-state index is -1.01. The Kier molecular flexibility index (Phi) is 7.29. The topological polar surface area (TPSA) is 84.9 Å². The zero-order valence-corrected chi connectivity index (χ0v) is 15.1. The summed E-state index contributed by atoms with van der Waals surface area (Å²) >= 11 is 6.14. The van der Waals surface area contributed by atoms with Crippen molar-refractivity contribution in [1.29, 1.82) is 0 Å². The first-order chi connectivity index (χ1) is 12.5. The first-order valence-corrected chi connectivity index (χ1v) is 8.39. The van der Waals surface area contributed by atoms with Gasteiger partial charge in [-0.15, -0.1) is 0 Å². The van der Waals surface area contributed by atoms with E-state index in [1.165, 1.54) is 0 Å². The molecule has 0 unspecified atom stereocenters. The molecule has 2 aromatic carbocycles. The standard InChI is InChI=1S/C19H20ClNO5/c1-25-15-7-6-13(11-21-18(22)8-9-19(23)24)17(10-15)26-12-14-4-2-3-5-16(14)20/h2-7,10H,8-9,11-12H2,1H3,(H,21,22)(H,23,24). The van der Waals surface area contributed by atoms with E-state index in [-0.39, 0.29) is 31.9 Å². The molecule has 7 heteroatoms. The van der Waals surface area contributed by atoms with Crippen LogP contribution in [0.1, 0.15) is 24.0 Å². The molecule has 0 aliphatic carbocycles. The third-order valence-electron chi connectivity index (χ3n) is 3.66. The minimum Gasteiger partial charge on any atom is -0.497 e. The maximum atomic E-state index is 11.7. The fraction of sp³-hybridized carbons (Fsp3) is 0.263. The van der Waals surface area contributed by atoms with Crippen LogP contribution in [0.3, 0.4) is 0 Å². The minimum absolute atomic E-state index is 0.0682. The number of nitrogens with one attached hydrogen (secondary N) is 1. The van der Waals surface area contributed by atoms with Crippen molar-refractivity contribution in [2.75, 3.05) is 7.11 Å². The third-order valence-corrected chi connectivity index (χ3v) is 4.03. The molecule has 0 heterocycles. The van der Waals surface area contributed by atoms with Gasteiger partial charge in [-0.25, -0.2) is 0 Å². The molecule has 0 spiro atoms. The molecule has 0 radical (unpaired) electrons. The van der Waals surface area contributed by atoms with Crippen LogP contribution >= 0.6 is 11.6 Å². The van der Waals surface area contributed by atoms with Crippen molar-refractivity contribution in [3.63, 3.8) is 0 Å². The molecular weight excluding hydrogens is 358 g/mol. The maximum Gasteiger partial charge on any atom is 0.303 e. The van der Waals surface area contributed by atoms with Crippen LogP contribution in [0.25, 0.3) is 0 Å². The highest BCUT2D eigenvalue weighted by Gasteiger charge is 2.10. The van der Waals surface area contributed by atoms with E-state index in [1.807, 2.05) is 18.2 Å². The summed E-state index contributed by atoms with van der Waals surface area (Å²) in [5.74, 6) is -0.156. The van der Waals surface area contributed by atoms with E-state index in [0.29, 0.717) is 16.5 Å². The van der Waals surface area contributed by atoms with Crippen LogP contribution < -0.4 is 14.8 Å². The molecule has 1 amide bonds. The second kappa shape index (κ2) is 9.68. The smallest absolute Gasteiger partial charge is 0.303 e. The number of rotatable bonds is 9. The van der Waals surface area contributed by atoms with Crippen molar-refractivity contribution in [1.82, 2.24) is 5.32 Å². The van der Waals surface area contributed by atoms with Crippen LogP contribution in [0.4, 0.5) is 0 Å². The average Bonchev–Trinajstić information content (AvgIpc) is 2.64. The molecule has 2 rings (SSSR count). The Labute approximate surface area is 156 Å². The number of hydrogen-bond acceptors (Lipinski definition) is 4. The van der Waals surface area contributed by atoms with Crippen LogP contribution in [-0.4, -0.2) is 24.1 Å². The number of carbonyl (C=O) groups excluding carboxylic acids is 1. The highest BCUT2D eigenvalue weighted by atomic mass is 35.5.